The van der Waals surface area contributed by atoms with Crippen molar-refractivity contribution in [3.05, 3.63) is 23.8 Å². The van der Waals surface area contributed by atoms with E-state index in [9.17, 15) is 14.4 Å². The number of carbonyl (C=O) groups is 3. The maximum Gasteiger partial charge on any atom is 0.325 e. The Kier molecular flexibility index (Phi) is 5.34. The van der Waals surface area contributed by atoms with Gasteiger partial charge in [-0.1, -0.05) is 32.8 Å². The van der Waals surface area contributed by atoms with E-state index in [0.717, 1.165) is 23.3 Å². The minimum atomic E-state index is -1.11. The molecule has 4 amide bonds. The number of imide groups is 1. The van der Waals surface area contributed by atoms with E-state index in [1.807, 2.05) is 12.1 Å². The van der Waals surface area contributed by atoms with Gasteiger partial charge in [-0.05, 0) is 42.9 Å². The van der Waals surface area contributed by atoms with Gasteiger partial charge in [0.2, 0.25) is 12.7 Å². The first kappa shape index (κ1) is 20.5. The molecule has 30 heavy (non-hydrogen) atoms. The van der Waals surface area contributed by atoms with E-state index in [1.54, 1.807) is 13.0 Å². The Morgan fingerprint density at radius 2 is 2.00 bits per heavy atom. The van der Waals surface area contributed by atoms with Crippen LogP contribution in [0.2, 0.25) is 0 Å². The number of rotatable bonds is 5. The van der Waals surface area contributed by atoms with E-state index in [0.29, 0.717) is 29.8 Å². The maximum atomic E-state index is 13.0. The molecule has 1 aromatic rings. The van der Waals surface area contributed by atoms with Gasteiger partial charge in [0.25, 0.3) is 5.91 Å². The van der Waals surface area contributed by atoms with Crippen molar-refractivity contribution in [3.8, 4) is 11.5 Å². The second-order valence-electron chi connectivity index (χ2n) is 8.96. The van der Waals surface area contributed by atoms with Crippen LogP contribution in [0.3, 0.4) is 0 Å². The van der Waals surface area contributed by atoms with Crippen LogP contribution < -0.4 is 20.1 Å². The van der Waals surface area contributed by atoms with Gasteiger partial charge in [-0.3, -0.25) is 14.5 Å². The van der Waals surface area contributed by atoms with Gasteiger partial charge in [-0.15, -0.1) is 0 Å². The Morgan fingerprint density at radius 1 is 1.23 bits per heavy atom. The Balaban J connectivity index is 1.40. The van der Waals surface area contributed by atoms with Gasteiger partial charge < -0.3 is 20.1 Å². The van der Waals surface area contributed by atoms with Crippen molar-refractivity contribution in [3.63, 3.8) is 0 Å². The van der Waals surface area contributed by atoms with Crippen LogP contribution in [0.25, 0.3) is 0 Å². The first-order valence-corrected chi connectivity index (χ1v) is 10.6. The minimum absolute atomic E-state index is 0.0852. The SMILES string of the molecule is CC1CCCC(NC(=O)CN2C(=O)NC(C)(Cc3ccc4c(c3)OCO4)C2=O)C1C. The number of ether oxygens (including phenoxy) is 2. The molecule has 1 saturated carbocycles. The van der Waals surface area contributed by atoms with Gasteiger partial charge >= 0.3 is 6.03 Å². The smallest absolute Gasteiger partial charge is 0.325 e. The minimum Gasteiger partial charge on any atom is -0.454 e. The largest absolute Gasteiger partial charge is 0.454 e. The summed E-state index contributed by atoms with van der Waals surface area (Å²) in [6.45, 7) is 5.93. The van der Waals surface area contributed by atoms with Crippen molar-refractivity contribution in [2.24, 2.45) is 11.8 Å². The predicted octanol–water partition coefficient (Wildman–Crippen LogP) is 2.21. The molecule has 4 unspecified atom stereocenters. The zero-order valence-corrected chi connectivity index (χ0v) is 17.7. The van der Waals surface area contributed by atoms with Crippen LogP contribution in [0.15, 0.2) is 18.2 Å². The zero-order chi connectivity index (χ0) is 21.5. The monoisotopic (exact) mass is 415 g/mol. The molecule has 0 bridgehead atoms. The average molecular weight is 415 g/mol. The standard InChI is InChI=1S/C22H29N3O5/c1-13-5-4-6-16(14(13)2)23-19(26)11-25-20(27)22(3,24-21(25)28)10-15-7-8-17-18(9-15)30-12-29-17/h7-9,13-14,16H,4-6,10-12H2,1-3H3,(H,23,26)(H,24,28). The van der Waals surface area contributed by atoms with Gasteiger partial charge in [0, 0.05) is 12.5 Å². The van der Waals surface area contributed by atoms with Crippen LogP contribution in [0.5, 0.6) is 11.5 Å². The van der Waals surface area contributed by atoms with E-state index >= 15 is 0 Å². The van der Waals surface area contributed by atoms with Crippen LogP contribution in [-0.2, 0) is 16.0 Å². The third-order valence-corrected chi connectivity index (χ3v) is 6.69. The summed E-state index contributed by atoms with van der Waals surface area (Å²) in [4.78, 5) is 39.1. The van der Waals surface area contributed by atoms with E-state index in [2.05, 4.69) is 24.5 Å². The number of hydrogen-bond donors (Lipinski definition) is 2. The molecule has 0 spiro atoms. The molecule has 2 N–H and O–H groups in total. The lowest BCUT2D eigenvalue weighted by atomic mass is 9.78. The van der Waals surface area contributed by atoms with Crippen LogP contribution in [0.1, 0.15) is 45.6 Å². The molecular formula is C22H29N3O5. The Hall–Kier alpha value is -2.77. The van der Waals surface area contributed by atoms with Crippen molar-refractivity contribution in [1.29, 1.82) is 0 Å². The molecule has 2 aliphatic heterocycles. The van der Waals surface area contributed by atoms with Gasteiger partial charge in [-0.2, -0.15) is 0 Å². The van der Waals surface area contributed by atoms with Gasteiger partial charge in [-0.25, -0.2) is 4.79 Å². The number of carbonyl (C=O) groups excluding carboxylic acids is 3. The molecule has 4 atom stereocenters. The molecule has 1 saturated heterocycles. The number of amides is 4. The van der Waals surface area contributed by atoms with Crippen molar-refractivity contribution in [1.82, 2.24) is 15.5 Å². The molecule has 2 heterocycles. The Bertz CT molecular complexity index is 872. The number of nitrogens with one attached hydrogen (secondary N) is 2. The third-order valence-electron chi connectivity index (χ3n) is 6.69. The normalized spacial score (nSPS) is 30.4. The van der Waals surface area contributed by atoms with Gasteiger partial charge in [0.1, 0.15) is 12.1 Å². The molecule has 1 aromatic carbocycles. The second-order valence-corrected chi connectivity index (χ2v) is 8.96. The highest BCUT2D eigenvalue weighted by Gasteiger charge is 2.48. The van der Waals surface area contributed by atoms with Gasteiger partial charge in [0.05, 0.1) is 0 Å². The fourth-order valence-corrected chi connectivity index (χ4v) is 4.65. The fourth-order valence-electron chi connectivity index (χ4n) is 4.65. The molecule has 4 rings (SSSR count). The molecule has 162 valence electrons. The van der Waals surface area contributed by atoms with Crippen LogP contribution in [0.4, 0.5) is 4.79 Å². The summed E-state index contributed by atoms with van der Waals surface area (Å²) in [5.74, 6) is 1.52. The molecule has 0 radical (unpaired) electrons. The summed E-state index contributed by atoms with van der Waals surface area (Å²) in [6, 6.07) is 5.00. The molecule has 3 aliphatic rings. The quantitative estimate of drug-likeness (QED) is 0.719. The van der Waals surface area contributed by atoms with Gasteiger partial charge in [0.15, 0.2) is 11.5 Å². The first-order valence-electron chi connectivity index (χ1n) is 10.6. The van der Waals surface area contributed by atoms with Crippen molar-refractivity contribution < 1.29 is 23.9 Å². The summed E-state index contributed by atoms with van der Waals surface area (Å²) >= 11 is 0. The summed E-state index contributed by atoms with van der Waals surface area (Å²) < 4.78 is 10.7. The number of hydrogen-bond acceptors (Lipinski definition) is 5. The number of urea groups is 1. The van der Waals surface area contributed by atoms with Crippen LogP contribution >= 0.6 is 0 Å². The summed E-state index contributed by atoms with van der Waals surface area (Å²) in [5.41, 5.74) is -0.274. The Labute approximate surface area is 176 Å². The molecule has 1 aliphatic carbocycles. The van der Waals surface area contributed by atoms with E-state index in [-0.39, 0.29) is 25.3 Å². The highest BCUT2D eigenvalue weighted by molar-refractivity contribution is 6.09. The van der Waals surface area contributed by atoms with Crippen molar-refractivity contribution in [2.75, 3.05) is 13.3 Å². The maximum absolute atomic E-state index is 13.0. The average Bonchev–Trinajstić information content (AvgIpc) is 3.23. The lowest BCUT2D eigenvalue weighted by Gasteiger charge is -2.34. The van der Waals surface area contributed by atoms with Crippen molar-refractivity contribution in [2.45, 2.75) is 58.0 Å². The number of nitrogens with zero attached hydrogens (tertiary/aromatic N) is 1. The fraction of sp³-hybridized carbons (Fsp3) is 0.591. The molecule has 2 fully saturated rings. The predicted molar refractivity (Wildman–Crippen MR) is 109 cm³/mol. The Morgan fingerprint density at radius 3 is 2.80 bits per heavy atom. The molecular weight excluding hydrogens is 386 g/mol. The molecule has 0 aromatic heterocycles. The molecule has 8 heteroatoms. The lowest BCUT2D eigenvalue weighted by Crippen LogP contribution is -2.49. The second kappa shape index (κ2) is 7.81. The van der Waals surface area contributed by atoms with E-state index in [4.69, 9.17) is 9.47 Å². The molecule has 8 nitrogen and oxygen atoms in total. The topological polar surface area (TPSA) is 97.0 Å². The third kappa shape index (κ3) is 3.82. The summed E-state index contributed by atoms with van der Waals surface area (Å²) in [7, 11) is 0. The lowest BCUT2D eigenvalue weighted by molar-refractivity contribution is -0.135. The van der Waals surface area contributed by atoms with Crippen LogP contribution in [0, 0.1) is 11.8 Å². The summed E-state index contributed by atoms with van der Waals surface area (Å²) in [5, 5.41) is 5.79. The van der Waals surface area contributed by atoms with E-state index < -0.39 is 17.5 Å². The highest BCUT2D eigenvalue weighted by Crippen LogP contribution is 2.34. The van der Waals surface area contributed by atoms with Crippen LogP contribution in [-0.4, -0.2) is 47.7 Å². The van der Waals surface area contributed by atoms with Crippen molar-refractivity contribution >= 4 is 17.8 Å². The zero-order valence-electron chi connectivity index (χ0n) is 17.7. The number of fused-ring (bicyclic) bond motifs is 1. The first-order chi connectivity index (χ1) is 14.3. The summed E-state index contributed by atoms with van der Waals surface area (Å²) in [6.07, 6.45) is 3.47. The number of benzene rings is 1. The van der Waals surface area contributed by atoms with E-state index in [1.165, 1.54) is 6.42 Å². The highest BCUT2D eigenvalue weighted by atomic mass is 16.7.